The van der Waals surface area contributed by atoms with Gasteiger partial charge in [0.2, 0.25) is 0 Å². The van der Waals surface area contributed by atoms with Crippen LogP contribution < -0.4 is 14.8 Å². The minimum absolute atomic E-state index is 0.0523. The van der Waals surface area contributed by atoms with Crippen molar-refractivity contribution in [2.45, 2.75) is 0 Å². The average Bonchev–Trinajstić information content (AvgIpc) is 3.46. The fourth-order valence-corrected chi connectivity index (χ4v) is 3.57. The van der Waals surface area contributed by atoms with E-state index in [2.05, 4.69) is 15.2 Å². The molecule has 4 aromatic rings. The van der Waals surface area contributed by atoms with E-state index in [1.54, 1.807) is 72.8 Å². The highest BCUT2D eigenvalue weighted by molar-refractivity contribution is 6.07. The summed E-state index contributed by atoms with van der Waals surface area (Å²) >= 11 is 0. The van der Waals surface area contributed by atoms with Crippen molar-refractivity contribution in [1.82, 2.24) is 5.16 Å². The fourth-order valence-electron chi connectivity index (χ4n) is 3.57. The number of carbonyl (C=O) groups is 3. The smallest absolute Gasteiger partial charge is 0.360 e. The van der Waals surface area contributed by atoms with E-state index >= 15 is 0 Å². The number of methoxy groups -OCH3 is 3. The zero-order valence-electron chi connectivity index (χ0n) is 20.9. The van der Waals surface area contributed by atoms with Crippen LogP contribution in [0.4, 0.5) is 5.69 Å². The molecular formula is C29H24N2O7. The van der Waals surface area contributed by atoms with Crippen molar-refractivity contribution in [3.63, 3.8) is 0 Å². The zero-order chi connectivity index (χ0) is 27.1. The van der Waals surface area contributed by atoms with Gasteiger partial charge in [0, 0.05) is 28.4 Å². The van der Waals surface area contributed by atoms with E-state index in [0.717, 1.165) is 5.56 Å². The number of carbonyl (C=O) groups excluding carboxylic acids is 3. The lowest BCUT2D eigenvalue weighted by atomic mass is 10.1. The molecule has 0 unspecified atom stereocenters. The van der Waals surface area contributed by atoms with Crippen LogP contribution >= 0.6 is 0 Å². The number of ether oxygens (including phenoxy) is 3. The van der Waals surface area contributed by atoms with E-state index in [9.17, 15) is 14.4 Å². The van der Waals surface area contributed by atoms with Gasteiger partial charge in [-0.3, -0.25) is 9.59 Å². The molecule has 1 heterocycles. The molecule has 0 aliphatic heterocycles. The van der Waals surface area contributed by atoms with E-state index in [4.69, 9.17) is 14.0 Å². The Hall–Kier alpha value is -5.18. The molecule has 0 bridgehead atoms. The molecule has 38 heavy (non-hydrogen) atoms. The largest absolute Gasteiger partial charge is 0.493 e. The summed E-state index contributed by atoms with van der Waals surface area (Å²) in [5.41, 5.74) is 2.87. The number of amides is 1. The molecule has 0 saturated carbocycles. The van der Waals surface area contributed by atoms with Crippen LogP contribution in [-0.4, -0.2) is 44.1 Å². The van der Waals surface area contributed by atoms with E-state index in [-0.39, 0.29) is 17.4 Å². The zero-order valence-corrected chi connectivity index (χ0v) is 20.9. The van der Waals surface area contributed by atoms with Crippen LogP contribution in [-0.2, 0) is 4.74 Å². The molecule has 1 N–H and O–H groups in total. The van der Waals surface area contributed by atoms with Crippen molar-refractivity contribution >= 4 is 29.4 Å². The van der Waals surface area contributed by atoms with Crippen molar-refractivity contribution < 1.29 is 33.1 Å². The minimum Gasteiger partial charge on any atom is -0.493 e. The molecule has 0 atom stereocenters. The van der Waals surface area contributed by atoms with Crippen LogP contribution in [0.3, 0.4) is 0 Å². The van der Waals surface area contributed by atoms with Gasteiger partial charge >= 0.3 is 5.97 Å². The Morgan fingerprint density at radius 1 is 0.842 bits per heavy atom. The summed E-state index contributed by atoms with van der Waals surface area (Å²) < 4.78 is 20.3. The van der Waals surface area contributed by atoms with Crippen LogP contribution in [0.2, 0.25) is 0 Å². The summed E-state index contributed by atoms with van der Waals surface area (Å²) in [7, 11) is 4.30. The minimum atomic E-state index is -0.604. The summed E-state index contributed by atoms with van der Waals surface area (Å²) in [6.45, 7) is 0. The quantitative estimate of drug-likeness (QED) is 0.183. The number of benzene rings is 3. The Bertz CT molecular complexity index is 1500. The van der Waals surface area contributed by atoms with Crippen LogP contribution in [0.1, 0.15) is 36.8 Å². The molecule has 192 valence electrons. The number of aromatic nitrogens is 1. The Morgan fingerprint density at radius 3 is 2.29 bits per heavy atom. The number of nitrogens with zero attached hydrogens (tertiary/aromatic N) is 1. The van der Waals surface area contributed by atoms with Crippen LogP contribution in [0.15, 0.2) is 83.4 Å². The predicted octanol–water partition coefficient (Wildman–Crippen LogP) is 5.29. The van der Waals surface area contributed by atoms with Crippen molar-refractivity contribution in [3.8, 4) is 22.8 Å². The van der Waals surface area contributed by atoms with E-state index in [0.29, 0.717) is 39.6 Å². The maximum atomic E-state index is 12.8. The lowest BCUT2D eigenvalue weighted by Gasteiger charge is -2.08. The molecule has 9 heteroatoms. The van der Waals surface area contributed by atoms with Gasteiger partial charge in [0.25, 0.3) is 5.91 Å². The van der Waals surface area contributed by atoms with Gasteiger partial charge in [0.1, 0.15) is 0 Å². The fraction of sp³-hybridized carbons (Fsp3) is 0.103. The monoisotopic (exact) mass is 512 g/mol. The lowest BCUT2D eigenvalue weighted by molar-refractivity contribution is 0.0589. The third kappa shape index (κ3) is 5.96. The average molecular weight is 513 g/mol. The second-order valence-corrected chi connectivity index (χ2v) is 7.99. The molecule has 0 spiro atoms. The Balaban J connectivity index is 1.41. The van der Waals surface area contributed by atoms with Crippen molar-refractivity contribution in [2.24, 2.45) is 0 Å². The Labute approximate surface area is 218 Å². The SMILES string of the molecule is COC(=O)c1cc(-c2cccc(NC(=O)c3ccc(/C=C/C(=O)c4ccc(OC)c(OC)c4)cc3)c2)on1. The number of nitrogens with one attached hydrogen (secondary N) is 1. The highest BCUT2D eigenvalue weighted by atomic mass is 16.5. The number of rotatable bonds is 9. The molecule has 0 aliphatic carbocycles. The first-order chi connectivity index (χ1) is 18.4. The van der Waals surface area contributed by atoms with Gasteiger partial charge in [-0.05, 0) is 54.1 Å². The number of allylic oxidation sites excluding steroid dienone is 1. The maximum Gasteiger partial charge on any atom is 0.360 e. The molecule has 0 aliphatic rings. The summed E-state index contributed by atoms with van der Waals surface area (Å²) in [5, 5.41) is 6.53. The molecule has 1 amide bonds. The van der Waals surface area contributed by atoms with Gasteiger partial charge in [-0.15, -0.1) is 0 Å². The Kier molecular flexibility index (Phi) is 7.98. The number of ketones is 1. The van der Waals surface area contributed by atoms with Gasteiger partial charge in [-0.1, -0.05) is 35.5 Å². The maximum absolute atomic E-state index is 12.8. The molecule has 0 fully saturated rings. The first-order valence-electron chi connectivity index (χ1n) is 11.4. The Morgan fingerprint density at radius 2 is 1.58 bits per heavy atom. The summed E-state index contributed by atoms with van der Waals surface area (Å²) in [4.78, 5) is 36.9. The molecule has 0 radical (unpaired) electrons. The number of esters is 1. The van der Waals surface area contributed by atoms with Crippen LogP contribution in [0, 0.1) is 0 Å². The van der Waals surface area contributed by atoms with E-state index in [1.807, 2.05) is 0 Å². The number of hydrogen-bond donors (Lipinski definition) is 1. The first kappa shape index (κ1) is 25.9. The third-order valence-corrected chi connectivity index (χ3v) is 5.58. The molecule has 1 aromatic heterocycles. The van der Waals surface area contributed by atoms with E-state index < -0.39 is 5.97 Å². The first-order valence-corrected chi connectivity index (χ1v) is 11.4. The number of anilines is 1. The predicted molar refractivity (Wildman–Crippen MR) is 141 cm³/mol. The van der Waals surface area contributed by atoms with Gasteiger partial charge in [0.05, 0.1) is 21.3 Å². The second kappa shape index (κ2) is 11.7. The molecule has 4 rings (SSSR count). The summed E-state index contributed by atoms with van der Waals surface area (Å²) in [5.74, 6) is 0.261. The molecule has 0 saturated heterocycles. The van der Waals surface area contributed by atoms with Gasteiger partial charge in [-0.25, -0.2) is 4.79 Å². The van der Waals surface area contributed by atoms with Crippen molar-refractivity contribution in [1.29, 1.82) is 0 Å². The number of hydrogen-bond acceptors (Lipinski definition) is 8. The molecule has 9 nitrogen and oxygen atoms in total. The lowest BCUT2D eigenvalue weighted by Crippen LogP contribution is -2.11. The second-order valence-electron chi connectivity index (χ2n) is 7.99. The highest BCUT2D eigenvalue weighted by Crippen LogP contribution is 2.28. The van der Waals surface area contributed by atoms with Crippen molar-refractivity contribution in [3.05, 3.63) is 101 Å². The van der Waals surface area contributed by atoms with Crippen LogP contribution in [0.5, 0.6) is 11.5 Å². The standard InChI is InChI=1S/C29H24N2O7/c1-35-25-14-12-20(16-27(25)36-2)24(32)13-9-18-7-10-19(11-8-18)28(33)30-22-6-4-5-21(15-22)26-17-23(31-38-26)29(34)37-3/h4-17H,1-3H3,(H,30,33)/b13-9+. The van der Waals surface area contributed by atoms with Gasteiger partial charge in [0.15, 0.2) is 28.7 Å². The van der Waals surface area contributed by atoms with Crippen LogP contribution in [0.25, 0.3) is 17.4 Å². The van der Waals surface area contributed by atoms with Gasteiger partial charge in [-0.2, -0.15) is 0 Å². The summed E-state index contributed by atoms with van der Waals surface area (Å²) in [6.07, 6.45) is 3.13. The highest BCUT2D eigenvalue weighted by Gasteiger charge is 2.15. The normalized spacial score (nSPS) is 10.7. The van der Waals surface area contributed by atoms with Gasteiger partial charge < -0.3 is 24.1 Å². The summed E-state index contributed by atoms with van der Waals surface area (Å²) in [6, 6.07) is 20.2. The molecule has 3 aromatic carbocycles. The van der Waals surface area contributed by atoms with E-state index in [1.165, 1.54) is 33.5 Å². The third-order valence-electron chi connectivity index (χ3n) is 5.58. The van der Waals surface area contributed by atoms with Crippen molar-refractivity contribution in [2.75, 3.05) is 26.6 Å². The molecular weight excluding hydrogens is 488 g/mol. The topological polar surface area (TPSA) is 117 Å².